The molecule has 3 aromatic rings. The first-order chi connectivity index (χ1) is 12.5. The van der Waals surface area contributed by atoms with Crippen LogP contribution in [0.1, 0.15) is 12.1 Å². The van der Waals surface area contributed by atoms with Crippen molar-refractivity contribution in [3.63, 3.8) is 0 Å². The predicted molar refractivity (Wildman–Crippen MR) is 101 cm³/mol. The van der Waals surface area contributed by atoms with Gasteiger partial charge in [0.15, 0.2) is 0 Å². The molecule has 26 heavy (non-hydrogen) atoms. The largest absolute Gasteiger partial charge is 0.507 e. The lowest BCUT2D eigenvalue weighted by Crippen LogP contribution is -2.45. The second-order valence-electron chi connectivity index (χ2n) is 6.76. The number of aromatic nitrogens is 3. The number of nitrogens with zero attached hydrogens (tertiary/aromatic N) is 4. The molecular formula is C18H20FN5OS. The van der Waals surface area contributed by atoms with Gasteiger partial charge in [0.1, 0.15) is 17.6 Å². The van der Waals surface area contributed by atoms with Gasteiger partial charge in [0.2, 0.25) is 5.95 Å². The summed E-state index contributed by atoms with van der Waals surface area (Å²) in [6.07, 6.45) is -0.418. The minimum absolute atomic E-state index is 0.0497. The zero-order valence-electron chi connectivity index (χ0n) is 14.6. The third-order valence-corrected chi connectivity index (χ3v) is 5.52. The summed E-state index contributed by atoms with van der Waals surface area (Å²) in [7, 11) is 1.90. The molecule has 1 aliphatic rings. The average Bonchev–Trinajstić information content (AvgIpc) is 3.05. The Hall–Kier alpha value is -2.32. The Balaban J connectivity index is 1.60. The summed E-state index contributed by atoms with van der Waals surface area (Å²) in [5.74, 6) is 0.577. The second kappa shape index (κ2) is 6.77. The molecule has 6 nitrogen and oxygen atoms in total. The standard InChI is InChI=1S/C18H20FN5OS/c1-10-16(14-3-4-15-13(17(14)25)5-6-26-15)22-23-18(20-10)21-12-7-11(19)8-24(2)9-12/h3-6,11-12,25H,7-9H2,1-2H3,(H,20,21,23)/t11-,12-/m1/s1. The SMILES string of the molecule is Cc1nc(N[C@@H]2C[C@@H](F)CN(C)C2)nnc1-c1ccc2sccc2c1O. The van der Waals surface area contributed by atoms with Crippen LogP contribution in [0.5, 0.6) is 5.75 Å². The summed E-state index contributed by atoms with van der Waals surface area (Å²) in [5.41, 5.74) is 1.82. The Morgan fingerprint density at radius 1 is 1.27 bits per heavy atom. The molecule has 0 unspecified atom stereocenters. The van der Waals surface area contributed by atoms with E-state index in [1.54, 1.807) is 11.3 Å². The Bertz CT molecular complexity index is 936. The normalized spacial score (nSPS) is 21.2. The maximum Gasteiger partial charge on any atom is 0.243 e. The van der Waals surface area contributed by atoms with E-state index in [2.05, 4.69) is 20.5 Å². The van der Waals surface area contributed by atoms with Crippen LogP contribution in [0.2, 0.25) is 0 Å². The number of aromatic hydroxyl groups is 1. The fourth-order valence-electron chi connectivity index (χ4n) is 3.47. The van der Waals surface area contributed by atoms with Crippen molar-refractivity contribution in [2.45, 2.75) is 25.6 Å². The van der Waals surface area contributed by atoms with Gasteiger partial charge in [-0.3, -0.25) is 0 Å². The Morgan fingerprint density at radius 3 is 2.88 bits per heavy atom. The van der Waals surface area contributed by atoms with Crippen molar-refractivity contribution < 1.29 is 9.50 Å². The summed E-state index contributed by atoms with van der Waals surface area (Å²) in [6.45, 7) is 3.02. The lowest BCUT2D eigenvalue weighted by Gasteiger charge is -2.32. The van der Waals surface area contributed by atoms with Gasteiger partial charge in [0.25, 0.3) is 0 Å². The quantitative estimate of drug-likeness (QED) is 0.734. The summed E-state index contributed by atoms with van der Waals surface area (Å²) < 4.78 is 14.8. The van der Waals surface area contributed by atoms with Crippen LogP contribution in [-0.4, -0.2) is 57.5 Å². The molecule has 136 valence electrons. The molecule has 3 heterocycles. The van der Waals surface area contributed by atoms with Crippen molar-refractivity contribution in [1.82, 2.24) is 20.1 Å². The van der Waals surface area contributed by atoms with Gasteiger partial charge in [-0.25, -0.2) is 9.37 Å². The number of alkyl halides is 1. The molecule has 2 N–H and O–H groups in total. The number of halogens is 1. The van der Waals surface area contributed by atoms with Crippen LogP contribution < -0.4 is 5.32 Å². The minimum atomic E-state index is -0.853. The van der Waals surface area contributed by atoms with Crippen molar-refractivity contribution in [2.24, 2.45) is 0 Å². The van der Waals surface area contributed by atoms with Gasteiger partial charge in [-0.2, -0.15) is 0 Å². The molecule has 2 aromatic heterocycles. The maximum atomic E-state index is 13.7. The highest BCUT2D eigenvalue weighted by Crippen LogP contribution is 2.37. The van der Waals surface area contributed by atoms with Crippen LogP contribution in [0.3, 0.4) is 0 Å². The number of nitrogens with one attached hydrogen (secondary N) is 1. The number of fused-ring (bicyclic) bond motifs is 1. The number of benzene rings is 1. The number of piperidine rings is 1. The number of thiophene rings is 1. The lowest BCUT2D eigenvalue weighted by molar-refractivity contribution is 0.153. The smallest absolute Gasteiger partial charge is 0.243 e. The van der Waals surface area contributed by atoms with E-state index < -0.39 is 6.17 Å². The number of hydrogen-bond donors (Lipinski definition) is 2. The van der Waals surface area contributed by atoms with Gasteiger partial charge < -0.3 is 15.3 Å². The zero-order valence-corrected chi connectivity index (χ0v) is 15.4. The van der Waals surface area contributed by atoms with E-state index in [-0.39, 0.29) is 11.8 Å². The summed E-state index contributed by atoms with van der Waals surface area (Å²) in [4.78, 5) is 6.42. The van der Waals surface area contributed by atoms with Crippen molar-refractivity contribution >= 4 is 27.4 Å². The molecule has 1 aromatic carbocycles. The predicted octanol–water partition coefficient (Wildman–Crippen LogP) is 3.22. The maximum absolute atomic E-state index is 13.7. The Kier molecular flexibility index (Phi) is 4.46. The molecule has 0 radical (unpaired) electrons. The monoisotopic (exact) mass is 373 g/mol. The zero-order chi connectivity index (χ0) is 18.3. The molecule has 0 spiro atoms. The van der Waals surface area contributed by atoms with E-state index in [4.69, 9.17) is 0 Å². The molecule has 4 rings (SSSR count). The number of phenolic OH excluding ortho intramolecular Hbond substituents is 1. The Labute approximate surface area is 154 Å². The topological polar surface area (TPSA) is 74.2 Å². The van der Waals surface area contributed by atoms with Gasteiger partial charge in [0.05, 0.1) is 5.69 Å². The van der Waals surface area contributed by atoms with Gasteiger partial charge in [-0.1, -0.05) is 0 Å². The first-order valence-corrected chi connectivity index (χ1v) is 9.39. The third-order valence-electron chi connectivity index (χ3n) is 4.64. The van der Waals surface area contributed by atoms with E-state index in [0.29, 0.717) is 35.9 Å². The first-order valence-electron chi connectivity index (χ1n) is 8.51. The van der Waals surface area contributed by atoms with Crippen molar-refractivity contribution in [1.29, 1.82) is 0 Å². The van der Waals surface area contributed by atoms with Crippen molar-refractivity contribution in [2.75, 3.05) is 25.5 Å². The van der Waals surface area contributed by atoms with Crippen LogP contribution in [0.4, 0.5) is 10.3 Å². The Morgan fingerprint density at radius 2 is 2.12 bits per heavy atom. The summed E-state index contributed by atoms with van der Waals surface area (Å²) in [6, 6.07) is 5.63. The van der Waals surface area contributed by atoms with E-state index in [0.717, 1.165) is 16.6 Å². The highest BCUT2D eigenvalue weighted by Gasteiger charge is 2.25. The number of anilines is 1. The molecule has 0 saturated carbocycles. The molecule has 2 atom stereocenters. The number of rotatable bonds is 3. The summed E-state index contributed by atoms with van der Waals surface area (Å²) >= 11 is 1.58. The van der Waals surface area contributed by atoms with Crippen LogP contribution in [0.25, 0.3) is 21.3 Å². The minimum Gasteiger partial charge on any atom is -0.507 e. The van der Waals surface area contributed by atoms with Gasteiger partial charge in [-0.05, 0) is 37.6 Å². The fraction of sp³-hybridized carbons (Fsp3) is 0.389. The molecule has 8 heteroatoms. The molecule has 0 amide bonds. The highest BCUT2D eigenvalue weighted by molar-refractivity contribution is 7.17. The van der Waals surface area contributed by atoms with Gasteiger partial charge >= 0.3 is 0 Å². The number of phenols is 1. The van der Waals surface area contributed by atoms with Crippen molar-refractivity contribution in [3.05, 3.63) is 29.3 Å². The van der Waals surface area contributed by atoms with Crippen LogP contribution in [0.15, 0.2) is 23.6 Å². The van der Waals surface area contributed by atoms with Gasteiger partial charge in [0, 0.05) is 41.2 Å². The molecule has 1 fully saturated rings. The number of likely N-dealkylation sites (N-methyl/N-ethyl adjacent to an activating group) is 1. The average molecular weight is 373 g/mol. The van der Waals surface area contributed by atoms with Crippen LogP contribution >= 0.6 is 11.3 Å². The third kappa shape index (κ3) is 3.22. The second-order valence-corrected chi connectivity index (χ2v) is 7.71. The van der Waals surface area contributed by atoms with Crippen molar-refractivity contribution in [3.8, 4) is 17.0 Å². The molecular weight excluding hydrogens is 353 g/mol. The molecule has 0 aliphatic carbocycles. The van der Waals surface area contributed by atoms with E-state index in [9.17, 15) is 9.50 Å². The van der Waals surface area contributed by atoms with E-state index >= 15 is 0 Å². The first kappa shape index (κ1) is 17.1. The van der Waals surface area contributed by atoms with Gasteiger partial charge in [-0.15, -0.1) is 21.5 Å². The van der Waals surface area contributed by atoms with E-state index in [1.165, 1.54) is 0 Å². The molecule has 1 saturated heterocycles. The van der Waals surface area contributed by atoms with E-state index in [1.807, 2.05) is 42.5 Å². The van der Waals surface area contributed by atoms with Crippen LogP contribution in [-0.2, 0) is 0 Å². The summed E-state index contributed by atoms with van der Waals surface area (Å²) in [5, 5.41) is 24.9. The molecule has 1 aliphatic heterocycles. The molecule has 0 bridgehead atoms. The highest BCUT2D eigenvalue weighted by atomic mass is 32.1. The number of hydrogen-bond acceptors (Lipinski definition) is 7. The number of likely N-dealkylation sites (tertiary alicyclic amines) is 1. The fourth-order valence-corrected chi connectivity index (χ4v) is 4.26. The lowest BCUT2D eigenvalue weighted by atomic mass is 10.1. The number of aryl methyl sites for hydroxylation is 1. The van der Waals surface area contributed by atoms with Crippen LogP contribution in [0, 0.1) is 6.92 Å².